The fourth-order valence-electron chi connectivity index (χ4n) is 2.61. The lowest BCUT2D eigenvalue weighted by atomic mass is 10.1. The largest absolute Gasteiger partial charge is 0.409 e. The third kappa shape index (κ3) is 3.91. The molecule has 2 atom stereocenters. The highest BCUT2D eigenvalue weighted by Crippen LogP contribution is 2.24. The summed E-state index contributed by atoms with van der Waals surface area (Å²) in [5.41, 5.74) is 6.56. The van der Waals surface area contributed by atoms with E-state index in [9.17, 15) is 9.50 Å². The topological polar surface area (TPSA) is 90.9 Å². The van der Waals surface area contributed by atoms with Crippen LogP contribution in [0.5, 0.6) is 0 Å². The quantitative estimate of drug-likeness (QED) is 0.282. The summed E-state index contributed by atoms with van der Waals surface area (Å²) in [6.45, 7) is 1.31. The van der Waals surface area contributed by atoms with Gasteiger partial charge in [-0.05, 0) is 55.5 Å². The van der Waals surface area contributed by atoms with Crippen LogP contribution in [0.15, 0.2) is 23.4 Å². The first-order valence-corrected chi connectivity index (χ1v) is 6.74. The van der Waals surface area contributed by atoms with Crippen LogP contribution < -0.4 is 11.1 Å². The van der Waals surface area contributed by atoms with Gasteiger partial charge >= 0.3 is 0 Å². The third-order valence-corrected chi connectivity index (χ3v) is 3.64. The van der Waals surface area contributed by atoms with Crippen LogP contribution >= 0.6 is 0 Å². The molecule has 110 valence electrons. The predicted molar refractivity (Wildman–Crippen MR) is 74.0 cm³/mol. The lowest BCUT2D eigenvalue weighted by molar-refractivity contribution is 0.177. The number of aliphatic hydroxyl groups is 1. The maximum atomic E-state index is 13.5. The molecule has 0 amide bonds. The summed E-state index contributed by atoms with van der Waals surface area (Å²) in [7, 11) is 0. The molecule has 1 aliphatic rings. The van der Waals surface area contributed by atoms with Crippen LogP contribution in [0, 0.1) is 11.7 Å². The lowest BCUT2D eigenvalue weighted by Gasteiger charge is -2.11. The molecule has 20 heavy (non-hydrogen) atoms. The zero-order valence-corrected chi connectivity index (χ0v) is 11.2. The molecule has 2 rings (SSSR count). The van der Waals surface area contributed by atoms with E-state index in [0.717, 1.165) is 31.4 Å². The molecule has 0 spiro atoms. The predicted octanol–water partition coefficient (Wildman–Crippen LogP) is 1.17. The Hall–Kier alpha value is -1.66. The number of nitrogens with two attached hydrogens (primary N) is 1. The van der Waals surface area contributed by atoms with Crippen molar-refractivity contribution in [1.82, 2.24) is 5.32 Å². The van der Waals surface area contributed by atoms with Gasteiger partial charge in [0.2, 0.25) is 0 Å². The van der Waals surface area contributed by atoms with Crippen molar-refractivity contribution in [3.8, 4) is 0 Å². The van der Waals surface area contributed by atoms with Gasteiger partial charge in [-0.2, -0.15) is 0 Å². The molecule has 0 bridgehead atoms. The van der Waals surface area contributed by atoms with Crippen molar-refractivity contribution in [1.29, 1.82) is 0 Å². The average molecular weight is 281 g/mol. The van der Waals surface area contributed by atoms with Gasteiger partial charge < -0.3 is 21.4 Å². The minimum Gasteiger partial charge on any atom is -0.409 e. The molecule has 6 heteroatoms. The number of nitrogens with zero attached hydrogens (tertiary/aromatic N) is 1. The minimum atomic E-state index is -0.415. The summed E-state index contributed by atoms with van der Waals surface area (Å²) in [4.78, 5) is 0. The summed E-state index contributed by atoms with van der Waals surface area (Å²) in [5, 5.41) is 24.2. The summed E-state index contributed by atoms with van der Waals surface area (Å²) in [6, 6.07) is 4.34. The summed E-state index contributed by atoms with van der Waals surface area (Å²) < 4.78 is 13.5. The van der Waals surface area contributed by atoms with Crippen LogP contribution in [0.1, 0.15) is 30.4 Å². The van der Waals surface area contributed by atoms with Crippen molar-refractivity contribution in [3.05, 3.63) is 35.1 Å². The fraction of sp³-hybridized carbons (Fsp3) is 0.500. The Morgan fingerprint density at radius 3 is 2.85 bits per heavy atom. The maximum Gasteiger partial charge on any atom is 0.170 e. The highest BCUT2D eigenvalue weighted by atomic mass is 19.1. The molecule has 0 heterocycles. The van der Waals surface area contributed by atoms with E-state index in [4.69, 9.17) is 10.9 Å². The van der Waals surface area contributed by atoms with Crippen LogP contribution in [0.3, 0.4) is 0 Å². The molecular weight excluding hydrogens is 261 g/mol. The summed E-state index contributed by atoms with van der Waals surface area (Å²) >= 11 is 0. The van der Waals surface area contributed by atoms with Crippen molar-refractivity contribution in [2.24, 2.45) is 16.8 Å². The van der Waals surface area contributed by atoms with Crippen LogP contribution in [0.2, 0.25) is 0 Å². The second kappa shape index (κ2) is 6.67. The monoisotopic (exact) mass is 281 g/mol. The van der Waals surface area contributed by atoms with Crippen molar-refractivity contribution in [3.63, 3.8) is 0 Å². The van der Waals surface area contributed by atoms with E-state index >= 15 is 0 Å². The molecule has 1 saturated carbocycles. The van der Waals surface area contributed by atoms with Gasteiger partial charge in [-0.3, -0.25) is 0 Å². The van der Waals surface area contributed by atoms with Gasteiger partial charge in [-0.1, -0.05) is 5.16 Å². The van der Waals surface area contributed by atoms with Crippen LogP contribution in [-0.4, -0.2) is 28.8 Å². The SMILES string of the molecule is N/C(=N/O)c1cc(F)cc(CNCC2CCC(O)C2)c1. The van der Waals surface area contributed by atoms with E-state index in [-0.39, 0.29) is 11.9 Å². The van der Waals surface area contributed by atoms with E-state index < -0.39 is 5.82 Å². The van der Waals surface area contributed by atoms with Gasteiger partial charge in [-0.25, -0.2) is 4.39 Å². The van der Waals surface area contributed by atoms with Crippen LogP contribution in [0.4, 0.5) is 4.39 Å². The molecule has 1 aliphatic carbocycles. The highest BCUT2D eigenvalue weighted by molar-refractivity contribution is 5.97. The standard InChI is InChI=1S/C14H20FN3O2/c15-12-4-10(3-11(6-12)14(16)18-20)8-17-7-9-1-2-13(19)5-9/h3-4,6,9,13,17,19-20H,1-2,5,7-8H2,(H2,16,18). The first kappa shape index (κ1) is 14.7. The zero-order valence-electron chi connectivity index (χ0n) is 11.2. The third-order valence-electron chi connectivity index (χ3n) is 3.64. The van der Waals surface area contributed by atoms with E-state index in [1.165, 1.54) is 12.1 Å². The van der Waals surface area contributed by atoms with Gasteiger partial charge in [0.05, 0.1) is 6.10 Å². The molecule has 1 fully saturated rings. The number of halogens is 1. The second-order valence-electron chi connectivity index (χ2n) is 5.30. The van der Waals surface area contributed by atoms with Gasteiger partial charge in [0.1, 0.15) is 5.82 Å². The summed E-state index contributed by atoms with van der Waals surface area (Å²) in [6.07, 6.45) is 2.53. The Kier molecular flexibility index (Phi) is 4.92. The number of rotatable bonds is 5. The van der Waals surface area contributed by atoms with E-state index in [2.05, 4.69) is 10.5 Å². The Bertz CT molecular complexity index is 493. The Morgan fingerprint density at radius 2 is 2.20 bits per heavy atom. The molecule has 1 aromatic carbocycles. The number of aliphatic hydroxyl groups excluding tert-OH is 1. The number of amidine groups is 1. The molecular formula is C14H20FN3O2. The first-order valence-electron chi connectivity index (χ1n) is 6.74. The van der Waals surface area contributed by atoms with E-state index in [1.807, 2.05) is 0 Å². The van der Waals surface area contributed by atoms with Gasteiger partial charge in [0.25, 0.3) is 0 Å². The summed E-state index contributed by atoms with van der Waals surface area (Å²) in [5.74, 6) is -0.0473. The van der Waals surface area contributed by atoms with Crippen LogP contribution in [-0.2, 0) is 6.54 Å². The van der Waals surface area contributed by atoms with Crippen molar-refractivity contribution in [2.45, 2.75) is 31.9 Å². The van der Waals surface area contributed by atoms with Gasteiger partial charge in [0.15, 0.2) is 5.84 Å². The maximum absolute atomic E-state index is 13.5. The lowest BCUT2D eigenvalue weighted by Crippen LogP contribution is -2.22. The molecule has 2 unspecified atom stereocenters. The fourth-order valence-corrected chi connectivity index (χ4v) is 2.61. The number of hydrogen-bond acceptors (Lipinski definition) is 4. The number of nitrogens with one attached hydrogen (secondary N) is 1. The molecule has 0 aromatic heterocycles. The van der Waals surface area contributed by atoms with Crippen molar-refractivity contribution in [2.75, 3.05) is 6.54 Å². The Labute approximate surface area is 117 Å². The van der Waals surface area contributed by atoms with E-state index in [0.29, 0.717) is 18.0 Å². The van der Waals surface area contributed by atoms with Crippen LogP contribution in [0.25, 0.3) is 0 Å². The average Bonchev–Trinajstić information content (AvgIpc) is 2.83. The van der Waals surface area contributed by atoms with Crippen molar-refractivity contribution >= 4 is 5.84 Å². The minimum absolute atomic E-state index is 0.107. The molecule has 0 radical (unpaired) electrons. The molecule has 1 aromatic rings. The second-order valence-corrected chi connectivity index (χ2v) is 5.30. The van der Waals surface area contributed by atoms with E-state index in [1.54, 1.807) is 6.07 Å². The zero-order chi connectivity index (χ0) is 14.5. The molecule has 0 aliphatic heterocycles. The molecule has 0 saturated heterocycles. The highest BCUT2D eigenvalue weighted by Gasteiger charge is 2.22. The Balaban J connectivity index is 1.91. The number of hydrogen-bond donors (Lipinski definition) is 4. The van der Waals surface area contributed by atoms with Gasteiger partial charge in [0, 0.05) is 12.1 Å². The molecule has 5 nitrogen and oxygen atoms in total. The Morgan fingerprint density at radius 1 is 1.40 bits per heavy atom. The number of benzene rings is 1. The number of oxime groups is 1. The van der Waals surface area contributed by atoms with Gasteiger partial charge in [-0.15, -0.1) is 0 Å². The van der Waals surface area contributed by atoms with Crippen molar-refractivity contribution < 1.29 is 14.7 Å². The normalized spacial score (nSPS) is 23.2. The molecule has 5 N–H and O–H groups in total. The smallest absolute Gasteiger partial charge is 0.170 e. The first-order chi connectivity index (χ1) is 9.58.